The Morgan fingerprint density at radius 1 is 1.17 bits per heavy atom. The number of aromatic nitrogens is 6. The van der Waals surface area contributed by atoms with E-state index in [4.69, 9.17) is 5.73 Å². The van der Waals surface area contributed by atoms with E-state index < -0.39 is 5.54 Å². The molecule has 2 amide bonds. The van der Waals surface area contributed by atoms with Crippen LogP contribution in [0.1, 0.15) is 27.7 Å². The average Bonchev–Trinajstić information content (AvgIpc) is 3.41. The molecule has 35 heavy (non-hydrogen) atoms. The molecule has 11 heteroatoms. The normalized spacial score (nSPS) is 17.9. The first-order chi connectivity index (χ1) is 16.6. The number of nitrogen functional groups attached to an aromatic ring is 1. The molecule has 1 aliphatic rings. The highest BCUT2D eigenvalue weighted by molar-refractivity contribution is 6.03. The fourth-order valence-electron chi connectivity index (χ4n) is 4.80. The van der Waals surface area contributed by atoms with Crippen LogP contribution in [-0.2, 0) is 16.6 Å². The zero-order valence-electron chi connectivity index (χ0n) is 20.3. The van der Waals surface area contributed by atoms with Gasteiger partial charge in [0.2, 0.25) is 5.91 Å². The van der Waals surface area contributed by atoms with Crippen LogP contribution in [0.15, 0.2) is 43.1 Å². The zero-order valence-corrected chi connectivity index (χ0v) is 20.3. The Bertz CT molecular complexity index is 1470. The van der Waals surface area contributed by atoms with E-state index in [-0.39, 0.29) is 17.9 Å². The fourth-order valence-corrected chi connectivity index (χ4v) is 4.80. The predicted molar refractivity (Wildman–Crippen MR) is 131 cm³/mol. The first-order valence-electron chi connectivity index (χ1n) is 11.3. The van der Waals surface area contributed by atoms with Crippen molar-refractivity contribution >= 4 is 29.0 Å². The average molecular weight is 474 g/mol. The van der Waals surface area contributed by atoms with Gasteiger partial charge in [-0.1, -0.05) is 0 Å². The number of nitrogens with zero attached hydrogens (tertiary/aromatic N) is 8. The van der Waals surface area contributed by atoms with Crippen molar-refractivity contribution in [3.8, 4) is 22.4 Å². The van der Waals surface area contributed by atoms with Gasteiger partial charge < -0.3 is 10.6 Å². The summed E-state index contributed by atoms with van der Waals surface area (Å²) in [4.78, 5) is 37.7. The van der Waals surface area contributed by atoms with Crippen molar-refractivity contribution in [3.05, 3.63) is 43.1 Å². The molecule has 1 unspecified atom stereocenters. The number of amides is 2. The van der Waals surface area contributed by atoms with E-state index in [2.05, 4.69) is 20.2 Å². The predicted octanol–water partition coefficient (Wildman–Crippen LogP) is 2.14. The summed E-state index contributed by atoms with van der Waals surface area (Å²) in [6, 6.07) is 5.47. The van der Waals surface area contributed by atoms with Crippen LogP contribution < -0.4 is 10.6 Å². The van der Waals surface area contributed by atoms with Crippen molar-refractivity contribution in [2.24, 2.45) is 7.05 Å². The molecule has 1 fully saturated rings. The van der Waals surface area contributed by atoms with Gasteiger partial charge in [-0.2, -0.15) is 10.2 Å². The van der Waals surface area contributed by atoms with E-state index in [0.29, 0.717) is 23.7 Å². The Morgan fingerprint density at radius 3 is 2.63 bits per heavy atom. The van der Waals surface area contributed by atoms with Gasteiger partial charge in [-0.3, -0.25) is 19.2 Å². The Morgan fingerprint density at radius 2 is 1.94 bits per heavy atom. The number of carbonyl (C=O) groups excluding carboxylic acids is 2. The van der Waals surface area contributed by atoms with Gasteiger partial charge in [0, 0.05) is 49.6 Å². The third kappa shape index (κ3) is 3.50. The number of fused-ring (bicyclic) bond motifs is 1. The number of rotatable bonds is 3. The summed E-state index contributed by atoms with van der Waals surface area (Å²) in [5.74, 6) is 0.552. The second kappa shape index (κ2) is 7.90. The number of hydrogen-bond acceptors (Lipinski definition) is 7. The number of hydrogen-bond donors (Lipinski definition) is 1. The Hall–Kier alpha value is -4.28. The van der Waals surface area contributed by atoms with Gasteiger partial charge in [0.05, 0.1) is 17.9 Å². The SMILES string of the molecule is CC(=O)N1CC(C)N(c2cc(-c3cc(-c4cnn(C)c4)c4c(N)ncnn34)ccn2)C(=O)C1(C)C. The quantitative estimate of drug-likeness (QED) is 0.483. The Kier molecular flexibility index (Phi) is 5.08. The number of nitrogens with two attached hydrogens (primary N) is 1. The summed E-state index contributed by atoms with van der Waals surface area (Å²) in [5.41, 5.74) is 9.27. The summed E-state index contributed by atoms with van der Waals surface area (Å²) >= 11 is 0. The van der Waals surface area contributed by atoms with Gasteiger partial charge in [-0.25, -0.2) is 14.5 Å². The molecular weight excluding hydrogens is 446 g/mol. The minimum Gasteiger partial charge on any atom is -0.382 e. The number of pyridine rings is 1. The second-order valence-corrected chi connectivity index (χ2v) is 9.37. The maximum absolute atomic E-state index is 13.5. The van der Waals surface area contributed by atoms with Crippen molar-refractivity contribution in [1.82, 2.24) is 34.3 Å². The zero-order chi connectivity index (χ0) is 25.1. The molecule has 11 nitrogen and oxygen atoms in total. The Labute approximate surface area is 202 Å². The lowest BCUT2D eigenvalue weighted by Gasteiger charge is -2.48. The lowest BCUT2D eigenvalue weighted by atomic mass is 9.94. The molecule has 1 saturated heterocycles. The van der Waals surface area contributed by atoms with Gasteiger partial charge in [0.25, 0.3) is 5.91 Å². The van der Waals surface area contributed by atoms with Crippen molar-refractivity contribution in [2.75, 3.05) is 17.2 Å². The van der Waals surface area contributed by atoms with E-state index in [1.807, 2.05) is 38.4 Å². The lowest BCUT2D eigenvalue weighted by Crippen LogP contribution is -2.67. The van der Waals surface area contributed by atoms with Crippen LogP contribution in [0.3, 0.4) is 0 Å². The molecule has 4 aromatic heterocycles. The molecule has 180 valence electrons. The number of aryl methyl sites for hydroxylation is 1. The van der Waals surface area contributed by atoms with Crippen LogP contribution in [0.5, 0.6) is 0 Å². The van der Waals surface area contributed by atoms with E-state index >= 15 is 0 Å². The van der Waals surface area contributed by atoms with Crippen LogP contribution in [-0.4, -0.2) is 64.2 Å². The molecule has 0 spiro atoms. The summed E-state index contributed by atoms with van der Waals surface area (Å²) < 4.78 is 3.46. The summed E-state index contributed by atoms with van der Waals surface area (Å²) in [7, 11) is 1.85. The minimum atomic E-state index is -0.979. The fraction of sp³-hybridized carbons (Fsp3) is 0.333. The molecule has 0 radical (unpaired) electrons. The molecule has 5 rings (SSSR count). The summed E-state index contributed by atoms with van der Waals surface area (Å²) in [5, 5.41) is 8.73. The van der Waals surface area contributed by atoms with E-state index in [0.717, 1.165) is 22.4 Å². The van der Waals surface area contributed by atoms with Gasteiger partial charge in [-0.15, -0.1) is 0 Å². The summed E-state index contributed by atoms with van der Waals surface area (Å²) in [6.45, 7) is 7.35. The summed E-state index contributed by atoms with van der Waals surface area (Å²) in [6.07, 6.45) is 6.75. The second-order valence-electron chi connectivity index (χ2n) is 9.37. The van der Waals surface area contributed by atoms with E-state index in [1.54, 1.807) is 45.2 Å². The highest BCUT2D eigenvalue weighted by Crippen LogP contribution is 2.36. The molecule has 0 aromatic carbocycles. The lowest BCUT2D eigenvalue weighted by molar-refractivity contribution is -0.146. The standard InChI is InChI=1S/C24H27N9O2/c1-14-11-31(15(2)34)24(3,4)23(35)32(14)20-8-16(6-7-26-20)19-9-18(17-10-28-30(5)12-17)21-22(25)27-13-29-33(19)21/h6-10,12-14H,11H2,1-5H3,(H2,25,27,29). The third-order valence-corrected chi connectivity index (χ3v) is 6.57. The smallest absolute Gasteiger partial charge is 0.253 e. The van der Waals surface area contributed by atoms with Crippen LogP contribution in [0.4, 0.5) is 11.6 Å². The molecular formula is C24H27N9O2. The minimum absolute atomic E-state index is 0.128. The monoisotopic (exact) mass is 473 g/mol. The highest BCUT2D eigenvalue weighted by Gasteiger charge is 2.47. The molecule has 1 aliphatic heterocycles. The molecule has 0 bridgehead atoms. The van der Waals surface area contributed by atoms with Crippen LogP contribution in [0, 0.1) is 0 Å². The maximum atomic E-state index is 13.5. The number of piperazine rings is 1. The third-order valence-electron chi connectivity index (χ3n) is 6.57. The Balaban J connectivity index is 1.62. The van der Waals surface area contributed by atoms with Gasteiger partial charge in [-0.05, 0) is 39.0 Å². The van der Waals surface area contributed by atoms with E-state index in [9.17, 15) is 9.59 Å². The van der Waals surface area contributed by atoms with Crippen LogP contribution in [0.25, 0.3) is 27.9 Å². The molecule has 5 heterocycles. The van der Waals surface area contributed by atoms with Gasteiger partial charge >= 0.3 is 0 Å². The van der Waals surface area contributed by atoms with Crippen molar-refractivity contribution in [3.63, 3.8) is 0 Å². The number of anilines is 2. The van der Waals surface area contributed by atoms with Gasteiger partial charge in [0.1, 0.15) is 23.2 Å². The maximum Gasteiger partial charge on any atom is 0.253 e. The first-order valence-corrected chi connectivity index (χ1v) is 11.3. The molecule has 0 saturated carbocycles. The van der Waals surface area contributed by atoms with Crippen molar-refractivity contribution in [1.29, 1.82) is 0 Å². The first kappa shape index (κ1) is 22.5. The molecule has 0 aliphatic carbocycles. The molecule has 1 atom stereocenters. The molecule has 2 N–H and O–H groups in total. The van der Waals surface area contributed by atoms with Crippen molar-refractivity contribution in [2.45, 2.75) is 39.3 Å². The van der Waals surface area contributed by atoms with Crippen LogP contribution >= 0.6 is 0 Å². The number of carbonyl (C=O) groups is 2. The van der Waals surface area contributed by atoms with E-state index in [1.165, 1.54) is 13.3 Å². The highest BCUT2D eigenvalue weighted by atomic mass is 16.2. The topological polar surface area (TPSA) is 128 Å². The van der Waals surface area contributed by atoms with Gasteiger partial charge in [0.15, 0.2) is 5.82 Å². The van der Waals surface area contributed by atoms with Crippen molar-refractivity contribution < 1.29 is 9.59 Å². The van der Waals surface area contributed by atoms with Crippen LogP contribution in [0.2, 0.25) is 0 Å². The molecule has 4 aromatic rings. The largest absolute Gasteiger partial charge is 0.382 e.